The molecule has 0 amide bonds. The molecule has 0 atom stereocenters. The number of phenolic OH excluding ortho intramolecular Hbond substituents is 2. The normalized spacial score (nSPS) is 11.4. The van der Waals surface area contributed by atoms with E-state index in [2.05, 4.69) is 9.97 Å². The number of nitrogens with one attached hydrogen (secondary N) is 2. The third-order valence-electron chi connectivity index (χ3n) is 3.56. The standard InChI is InChI=1S/C16H12N2O2/c19-11-1-2-13-10(5-11)6-15(18-13)12-8-14-9(3-4-17-14)7-16(12)20/h1-8,17-20H. The first-order valence-corrected chi connectivity index (χ1v) is 6.33. The lowest BCUT2D eigenvalue weighted by atomic mass is 10.1. The maximum absolute atomic E-state index is 10.2. The minimum Gasteiger partial charge on any atom is -0.508 e. The second-order valence-corrected chi connectivity index (χ2v) is 4.89. The molecule has 4 N–H and O–H groups in total. The Bertz CT molecular complexity index is 934. The summed E-state index contributed by atoms with van der Waals surface area (Å²) >= 11 is 0. The van der Waals surface area contributed by atoms with Crippen LogP contribution in [0.3, 0.4) is 0 Å². The predicted octanol–water partition coefficient (Wildman–Crippen LogP) is 3.73. The Labute approximate surface area is 114 Å². The molecule has 4 heteroatoms. The fraction of sp³-hybridized carbons (Fsp3) is 0. The van der Waals surface area contributed by atoms with Gasteiger partial charge in [-0.3, -0.25) is 0 Å². The largest absolute Gasteiger partial charge is 0.508 e. The van der Waals surface area contributed by atoms with Crippen molar-refractivity contribution in [2.45, 2.75) is 0 Å². The lowest BCUT2D eigenvalue weighted by Crippen LogP contribution is -1.79. The average Bonchev–Trinajstić information content (AvgIpc) is 3.02. The van der Waals surface area contributed by atoms with Gasteiger partial charge in [-0.1, -0.05) is 0 Å². The number of rotatable bonds is 1. The highest BCUT2D eigenvalue weighted by molar-refractivity contribution is 5.92. The first-order chi connectivity index (χ1) is 9.70. The van der Waals surface area contributed by atoms with Crippen molar-refractivity contribution in [3.63, 3.8) is 0 Å². The lowest BCUT2D eigenvalue weighted by molar-refractivity contribution is 0.476. The van der Waals surface area contributed by atoms with Crippen LogP contribution in [0.1, 0.15) is 0 Å². The van der Waals surface area contributed by atoms with Gasteiger partial charge in [0.25, 0.3) is 0 Å². The first-order valence-electron chi connectivity index (χ1n) is 6.33. The molecule has 0 saturated heterocycles. The summed E-state index contributed by atoms with van der Waals surface area (Å²) in [7, 11) is 0. The van der Waals surface area contributed by atoms with Gasteiger partial charge in [0, 0.05) is 33.6 Å². The number of aromatic hydroxyl groups is 2. The molecule has 98 valence electrons. The molecule has 4 rings (SSSR count). The quantitative estimate of drug-likeness (QED) is 0.423. The van der Waals surface area contributed by atoms with Crippen LogP contribution in [0.25, 0.3) is 33.1 Å². The van der Waals surface area contributed by atoms with Crippen molar-refractivity contribution in [3.8, 4) is 22.8 Å². The lowest BCUT2D eigenvalue weighted by Gasteiger charge is -2.02. The molecule has 20 heavy (non-hydrogen) atoms. The molecule has 0 fully saturated rings. The van der Waals surface area contributed by atoms with Crippen molar-refractivity contribution in [1.29, 1.82) is 0 Å². The van der Waals surface area contributed by atoms with Crippen LogP contribution < -0.4 is 0 Å². The van der Waals surface area contributed by atoms with E-state index in [-0.39, 0.29) is 11.5 Å². The topological polar surface area (TPSA) is 72.0 Å². The Kier molecular flexibility index (Phi) is 2.09. The van der Waals surface area contributed by atoms with Gasteiger partial charge in [-0.25, -0.2) is 0 Å². The molecule has 2 heterocycles. The highest BCUT2D eigenvalue weighted by atomic mass is 16.3. The Morgan fingerprint density at radius 3 is 2.60 bits per heavy atom. The number of aromatic nitrogens is 2. The Hall–Kier alpha value is -2.88. The zero-order valence-electron chi connectivity index (χ0n) is 10.5. The van der Waals surface area contributed by atoms with Gasteiger partial charge in [0.15, 0.2) is 0 Å². The van der Waals surface area contributed by atoms with Gasteiger partial charge in [-0.2, -0.15) is 0 Å². The van der Waals surface area contributed by atoms with Crippen LogP contribution in [-0.4, -0.2) is 20.2 Å². The molecule has 0 radical (unpaired) electrons. The molecule has 0 spiro atoms. The van der Waals surface area contributed by atoms with Crippen molar-refractivity contribution in [3.05, 3.63) is 48.7 Å². The summed E-state index contributed by atoms with van der Waals surface area (Å²) in [4.78, 5) is 6.39. The van der Waals surface area contributed by atoms with E-state index < -0.39 is 0 Å². The molecule has 0 aliphatic carbocycles. The summed E-state index contributed by atoms with van der Waals surface area (Å²) < 4.78 is 0. The van der Waals surface area contributed by atoms with Crippen molar-refractivity contribution in [2.75, 3.05) is 0 Å². The van der Waals surface area contributed by atoms with E-state index in [4.69, 9.17) is 0 Å². The van der Waals surface area contributed by atoms with Crippen molar-refractivity contribution in [1.82, 2.24) is 9.97 Å². The van der Waals surface area contributed by atoms with Crippen LogP contribution in [0.15, 0.2) is 48.7 Å². The Morgan fingerprint density at radius 1 is 0.800 bits per heavy atom. The van der Waals surface area contributed by atoms with E-state index in [0.29, 0.717) is 0 Å². The summed E-state index contributed by atoms with van der Waals surface area (Å²) in [6, 6.07) is 12.6. The zero-order valence-corrected chi connectivity index (χ0v) is 10.5. The average molecular weight is 264 g/mol. The third-order valence-corrected chi connectivity index (χ3v) is 3.56. The molecule has 4 nitrogen and oxygen atoms in total. The fourth-order valence-electron chi connectivity index (χ4n) is 2.57. The molecule has 0 aliphatic heterocycles. The van der Waals surface area contributed by atoms with Crippen molar-refractivity contribution >= 4 is 21.8 Å². The molecule has 0 unspecified atom stereocenters. The van der Waals surface area contributed by atoms with E-state index in [0.717, 1.165) is 33.1 Å². The van der Waals surface area contributed by atoms with E-state index in [1.165, 1.54) is 0 Å². The van der Waals surface area contributed by atoms with Crippen LogP contribution in [-0.2, 0) is 0 Å². The fourth-order valence-corrected chi connectivity index (χ4v) is 2.57. The highest BCUT2D eigenvalue weighted by Gasteiger charge is 2.10. The van der Waals surface area contributed by atoms with Crippen LogP contribution in [0.5, 0.6) is 11.5 Å². The van der Waals surface area contributed by atoms with Gasteiger partial charge >= 0.3 is 0 Å². The molecule has 4 aromatic rings. The number of H-pyrrole nitrogens is 2. The van der Waals surface area contributed by atoms with Crippen molar-refractivity contribution < 1.29 is 10.2 Å². The number of hydrogen-bond donors (Lipinski definition) is 4. The summed E-state index contributed by atoms with van der Waals surface area (Å²) in [5, 5.41) is 21.6. The number of hydrogen-bond acceptors (Lipinski definition) is 2. The Balaban J connectivity index is 1.97. The van der Waals surface area contributed by atoms with Gasteiger partial charge in [-0.05, 0) is 42.5 Å². The van der Waals surface area contributed by atoms with Crippen LogP contribution in [0, 0.1) is 0 Å². The minimum atomic E-state index is 0.229. The summed E-state index contributed by atoms with van der Waals surface area (Å²) in [5.74, 6) is 0.458. The molecule has 0 aliphatic rings. The highest BCUT2D eigenvalue weighted by Crippen LogP contribution is 2.34. The summed E-state index contributed by atoms with van der Waals surface area (Å²) in [6.45, 7) is 0. The molecule has 0 bridgehead atoms. The number of fused-ring (bicyclic) bond motifs is 2. The first kappa shape index (κ1) is 11.0. The monoisotopic (exact) mass is 264 g/mol. The van der Waals surface area contributed by atoms with Crippen LogP contribution in [0.2, 0.25) is 0 Å². The predicted molar refractivity (Wildman–Crippen MR) is 78.9 cm³/mol. The Morgan fingerprint density at radius 2 is 1.70 bits per heavy atom. The molecular weight excluding hydrogens is 252 g/mol. The second-order valence-electron chi connectivity index (χ2n) is 4.89. The van der Waals surface area contributed by atoms with E-state index >= 15 is 0 Å². The molecule has 2 aromatic heterocycles. The van der Waals surface area contributed by atoms with E-state index in [1.54, 1.807) is 18.2 Å². The second kappa shape index (κ2) is 3.81. The van der Waals surface area contributed by atoms with Crippen LogP contribution in [0.4, 0.5) is 0 Å². The SMILES string of the molecule is Oc1ccc2[nH]c(-c3cc4[nH]ccc4cc3O)cc2c1. The molecule has 0 saturated carbocycles. The maximum Gasteiger partial charge on any atom is 0.125 e. The molecule has 2 aromatic carbocycles. The van der Waals surface area contributed by atoms with Crippen LogP contribution >= 0.6 is 0 Å². The summed E-state index contributed by atoms with van der Waals surface area (Å²) in [6.07, 6.45) is 1.84. The van der Waals surface area contributed by atoms with Crippen molar-refractivity contribution in [2.24, 2.45) is 0 Å². The smallest absolute Gasteiger partial charge is 0.125 e. The molecular formula is C16H12N2O2. The minimum absolute atomic E-state index is 0.229. The van der Waals surface area contributed by atoms with Gasteiger partial charge in [0.05, 0.1) is 5.69 Å². The van der Waals surface area contributed by atoms with Gasteiger partial charge in [0.1, 0.15) is 11.5 Å². The summed E-state index contributed by atoms with van der Waals surface area (Å²) in [5.41, 5.74) is 3.44. The maximum atomic E-state index is 10.2. The van der Waals surface area contributed by atoms with E-state index in [9.17, 15) is 10.2 Å². The van der Waals surface area contributed by atoms with Gasteiger partial charge < -0.3 is 20.2 Å². The number of aromatic amines is 2. The van der Waals surface area contributed by atoms with Gasteiger partial charge in [0.2, 0.25) is 0 Å². The van der Waals surface area contributed by atoms with E-state index in [1.807, 2.05) is 30.5 Å². The number of benzene rings is 2. The third kappa shape index (κ3) is 1.55. The van der Waals surface area contributed by atoms with Gasteiger partial charge in [-0.15, -0.1) is 0 Å². The zero-order chi connectivity index (χ0) is 13.7. The number of phenols is 2.